The Morgan fingerprint density at radius 1 is 1.30 bits per heavy atom. The minimum Gasteiger partial charge on any atom is -0.350 e. The van der Waals surface area contributed by atoms with Gasteiger partial charge in [0.15, 0.2) is 6.29 Å². The van der Waals surface area contributed by atoms with Gasteiger partial charge in [-0.2, -0.15) is 0 Å². The minimum atomic E-state index is -0.451. The number of rotatable bonds is 2. The zero-order valence-corrected chi connectivity index (χ0v) is 10.9. The van der Waals surface area contributed by atoms with E-state index in [0.717, 1.165) is 17.2 Å². The number of amides is 3. The molecule has 0 radical (unpaired) electrons. The van der Waals surface area contributed by atoms with Crippen LogP contribution in [0, 0.1) is 0 Å². The molecule has 0 aliphatic carbocycles. The van der Waals surface area contributed by atoms with Crippen LogP contribution in [-0.2, 0) is 11.8 Å². The van der Waals surface area contributed by atoms with Gasteiger partial charge in [0.1, 0.15) is 0 Å². The van der Waals surface area contributed by atoms with Gasteiger partial charge in [0.05, 0.1) is 5.52 Å². The summed E-state index contributed by atoms with van der Waals surface area (Å²) in [4.78, 5) is 35.7. The third-order valence-electron chi connectivity index (χ3n) is 3.48. The number of nitrogens with zero attached hydrogens (tertiary/aromatic N) is 2. The third kappa shape index (κ3) is 1.85. The van der Waals surface area contributed by atoms with E-state index in [-0.39, 0.29) is 12.3 Å². The van der Waals surface area contributed by atoms with Gasteiger partial charge in [-0.15, -0.1) is 0 Å². The van der Waals surface area contributed by atoms with E-state index in [1.165, 1.54) is 4.90 Å². The van der Waals surface area contributed by atoms with Crippen LogP contribution >= 0.6 is 0 Å². The van der Waals surface area contributed by atoms with E-state index >= 15 is 0 Å². The Bertz CT molecular complexity index is 733. The molecule has 3 rings (SSSR count). The summed E-state index contributed by atoms with van der Waals surface area (Å²) in [6.45, 7) is 0.321. The number of anilines is 1. The number of nitrogens with one attached hydrogen (secondary N) is 1. The van der Waals surface area contributed by atoms with Crippen molar-refractivity contribution in [1.82, 2.24) is 9.88 Å². The van der Waals surface area contributed by atoms with Gasteiger partial charge in [-0.25, -0.2) is 4.79 Å². The van der Waals surface area contributed by atoms with E-state index in [1.54, 1.807) is 6.07 Å². The molecular formula is C14H13N3O3. The van der Waals surface area contributed by atoms with Crippen LogP contribution in [0.1, 0.15) is 16.8 Å². The standard InChI is InChI=1S/C14H13N3O3/c1-16-4-2-9-6-11(7-10(8-18)13(9)16)17-5-3-12(19)15-14(17)20/h2,4,6-8H,3,5H2,1H3,(H,15,19,20). The summed E-state index contributed by atoms with van der Waals surface area (Å²) in [5, 5.41) is 3.16. The normalized spacial score (nSPS) is 15.6. The summed E-state index contributed by atoms with van der Waals surface area (Å²) in [5.41, 5.74) is 1.97. The molecule has 6 heteroatoms. The van der Waals surface area contributed by atoms with E-state index in [4.69, 9.17) is 0 Å². The summed E-state index contributed by atoms with van der Waals surface area (Å²) >= 11 is 0. The first kappa shape index (κ1) is 12.4. The molecule has 0 unspecified atom stereocenters. The average Bonchev–Trinajstić information content (AvgIpc) is 2.79. The number of imide groups is 1. The first-order valence-electron chi connectivity index (χ1n) is 6.26. The van der Waals surface area contributed by atoms with Gasteiger partial charge in [0.25, 0.3) is 0 Å². The maximum atomic E-state index is 11.8. The van der Waals surface area contributed by atoms with Crippen molar-refractivity contribution < 1.29 is 14.4 Å². The largest absolute Gasteiger partial charge is 0.350 e. The molecule has 1 aliphatic heterocycles. The van der Waals surface area contributed by atoms with Crippen molar-refractivity contribution in [2.45, 2.75) is 6.42 Å². The number of aromatic nitrogens is 1. The van der Waals surface area contributed by atoms with Crippen molar-refractivity contribution in [2.75, 3.05) is 11.4 Å². The van der Waals surface area contributed by atoms with Crippen LogP contribution in [0.2, 0.25) is 0 Å². The number of urea groups is 1. The quantitative estimate of drug-likeness (QED) is 0.840. The molecule has 1 aliphatic rings. The molecule has 3 amide bonds. The lowest BCUT2D eigenvalue weighted by molar-refractivity contribution is -0.120. The first-order chi connectivity index (χ1) is 9.60. The smallest absolute Gasteiger partial charge is 0.328 e. The Morgan fingerprint density at radius 2 is 2.10 bits per heavy atom. The fourth-order valence-electron chi connectivity index (χ4n) is 2.52. The predicted octanol–water partition coefficient (Wildman–Crippen LogP) is 1.44. The zero-order chi connectivity index (χ0) is 14.3. The highest BCUT2D eigenvalue weighted by Gasteiger charge is 2.25. The Hall–Kier alpha value is -2.63. The molecule has 1 saturated heterocycles. The molecule has 102 valence electrons. The fourth-order valence-corrected chi connectivity index (χ4v) is 2.52. The molecule has 1 N–H and O–H groups in total. The lowest BCUT2D eigenvalue weighted by Crippen LogP contribution is -2.49. The Morgan fingerprint density at radius 3 is 2.80 bits per heavy atom. The van der Waals surface area contributed by atoms with Crippen LogP contribution in [-0.4, -0.2) is 29.3 Å². The Kier molecular flexibility index (Phi) is 2.78. The van der Waals surface area contributed by atoms with Gasteiger partial charge in [0.2, 0.25) is 5.91 Å². The summed E-state index contributed by atoms with van der Waals surface area (Å²) in [7, 11) is 1.86. The van der Waals surface area contributed by atoms with Gasteiger partial charge in [0, 0.05) is 42.8 Å². The van der Waals surface area contributed by atoms with Crippen LogP contribution in [0.25, 0.3) is 10.9 Å². The van der Waals surface area contributed by atoms with E-state index in [9.17, 15) is 14.4 Å². The molecule has 2 aromatic rings. The number of aryl methyl sites for hydroxylation is 1. The molecular weight excluding hydrogens is 258 g/mol. The average molecular weight is 271 g/mol. The van der Waals surface area contributed by atoms with Gasteiger partial charge < -0.3 is 4.57 Å². The lowest BCUT2D eigenvalue weighted by Gasteiger charge is -2.26. The molecule has 0 saturated carbocycles. The second-order valence-corrected chi connectivity index (χ2v) is 4.77. The molecule has 2 heterocycles. The number of carbonyl (C=O) groups excluding carboxylic acids is 3. The number of benzene rings is 1. The van der Waals surface area contributed by atoms with Gasteiger partial charge in [-0.05, 0) is 18.2 Å². The summed E-state index contributed by atoms with van der Waals surface area (Å²) in [6, 6.07) is 4.95. The van der Waals surface area contributed by atoms with Crippen LogP contribution in [0.15, 0.2) is 24.4 Å². The monoisotopic (exact) mass is 271 g/mol. The highest BCUT2D eigenvalue weighted by atomic mass is 16.2. The molecule has 0 atom stereocenters. The van der Waals surface area contributed by atoms with E-state index in [0.29, 0.717) is 17.8 Å². The van der Waals surface area contributed by atoms with Crippen molar-refractivity contribution in [2.24, 2.45) is 7.05 Å². The summed E-state index contributed by atoms with van der Waals surface area (Å²) in [6.07, 6.45) is 2.90. The second-order valence-electron chi connectivity index (χ2n) is 4.77. The number of fused-ring (bicyclic) bond motifs is 1. The van der Waals surface area contributed by atoms with Crippen molar-refractivity contribution in [3.05, 3.63) is 30.0 Å². The molecule has 1 aromatic carbocycles. The van der Waals surface area contributed by atoms with Gasteiger partial charge >= 0.3 is 6.03 Å². The van der Waals surface area contributed by atoms with Gasteiger partial charge in [-0.3, -0.25) is 19.8 Å². The highest BCUT2D eigenvalue weighted by molar-refractivity contribution is 6.07. The topological polar surface area (TPSA) is 71.4 Å². The van der Waals surface area contributed by atoms with Crippen LogP contribution in [0.5, 0.6) is 0 Å². The number of hydrogen-bond donors (Lipinski definition) is 1. The molecule has 1 aromatic heterocycles. The maximum Gasteiger partial charge on any atom is 0.328 e. The molecule has 6 nitrogen and oxygen atoms in total. The van der Waals surface area contributed by atoms with Crippen molar-refractivity contribution in [3.63, 3.8) is 0 Å². The van der Waals surface area contributed by atoms with Crippen LogP contribution < -0.4 is 10.2 Å². The molecule has 1 fully saturated rings. The Balaban J connectivity index is 2.10. The predicted molar refractivity (Wildman–Crippen MR) is 73.8 cm³/mol. The molecule has 20 heavy (non-hydrogen) atoms. The fraction of sp³-hybridized carbons (Fsp3) is 0.214. The Labute approximate surface area is 115 Å². The second kappa shape index (κ2) is 4.48. The van der Waals surface area contributed by atoms with E-state index < -0.39 is 6.03 Å². The lowest BCUT2D eigenvalue weighted by atomic mass is 10.1. The van der Waals surface area contributed by atoms with Crippen molar-refractivity contribution in [3.8, 4) is 0 Å². The minimum absolute atomic E-state index is 0.259. The van der Waals surface area contributed by atoms with E-state index in [2.05, 4.69) is 5.32 Å². The van der Waals surface area contributed by atoms with E-state index in [1.807, 2.05) is 29.9 Å². The number of hydrogen-bond acceptors (Lipinski definition) is 3. The summed E-state index contributed by atoms with van der Waals surface area (Å²) < 4.78 is 1.86. The van der Waals surface area contributed by atoms with Gasteiger partial charge in [-0.1, -0.05) is 0 Å². The third-order valence-corrected chi connectivity index (χ3v) is 3.48. The first-order valence-corrected chi connectivity index (χ1v) is 6.26. The van der Waals surface area contributed by atoms with Crippen molar-refractivity contribution in [1.29, 1.82) is 0 Å². The number of carbonyl (C=O) groups is 3. The maximum absolute atomic E-state index is 11.8. The SMILES string of the molecule is Cn1ccc2cc(N3CCC(=O)NC3=O)cc(C=O)c21. The molecule has 0 spiro atoms. The summed E-state index contributed by atoms with van der Waals surface area (Å²) in [5.74, 6) is -0.275. The zero-order valence-electron chi connectivity index (χ0n) is 10.9. The van der Waals surface area contributed by atoms with Crippen LogP contribution in [0.3, 0.4) is 0 Å². The van der Waals surface area contributed by atoms with Crippen molar-refractivity contribution >= 4 is 34.8 Å². The highest BCUT2D eigenvalue weighted by Crippen LogP contribution is 2.27. The van der Waals surface area contributed by atoms with Crippen LogP contribution in [0.4, 0.5) is 10.5 Å². The molecule has 0 bridgehead atoms. The number of aldehydes is 1.